The van der Waals surface area contributed by atoms with E-state index in [1.165, 1.54) is 23.1 Å². The number of aromatic nitrogens is 3. The summed E-state index contributed by atoms with van der Waals surface area (Å²) in [6.07, 6.45) is 1.43. The molecule has 1 aromatic heterocycles. The third-order valence-corrected chi connectivity index (χ3v) is 9.18. The van der Waals surface area contributed by atoms with Crippen molar-refractivity contribution < 1.29 is 13.5 Å². The lowest BCUT2D eigenvalue weighted by Crippen LogP contribution is -2.89. The standard InChI is InChI=1S/C22H32B8F2N6O/c1-11-2-14(34-18-33-10-37(35-18)16-5-12(31)4-13(32)6-16)7-15(3-11)36-8-17(9-36)38-19(23,24)21(27,28)39-22(29,30)20(38,25)26/h2-7,10,17H,8-9,23-30H2,1H3,(H,34,35). The fourth-order valence-corrected chi connectivity index (χ4v) is 6.17. The molecule has 0 radical (unpaired) electrons. The highest BCUT2D eigenvalue weighted by atomic mass is 19.1. The van der Waals surface area contributed by atoms with Crippen LogP contribution in [0.4, 0.5) is 26.1 Å². The Morgan fingerprint density at radius 2 is 1.44 bits per heavy atom. The summed E-state index contributed by atoms with van der Waals surface area (Å²) in [5.41, 5.74) is 3.36. The first-order valence-corrected chi connectivity index (χ1v) is 13.5. The van der Waals surface area contributed by atoms with Gasteiger partial charge >= 0.3 is 0 Å². The van der Waals surface area contributed by atoms with Crippen LogP contribution in [-0.2, 0) is 4.74 Å². The quantitative estimate of drug-likeness (QED) is 0.340. The van der Waals surface area contributed by atoms with Gasteiger partial charge in [-0.15, -0.1) is 5.10 Å². The number of halogens is 2. The van der Waals surface area contributed by atoms with Crippen LogP contribution in [0.15, 0.2) is 42.7 Å². The number of aryl methyl sites for hydroxylation is 1. The fourth-order valence-electron chi connectivity index (χ4n) is 6.17. The van der Waals surface area contributed by atoms with Crippen molar-refractivity contribution in [3.8, 4) is 5.69 Å². The zero-order chi connectivity index (χ0) is 28.5. The first kappa shape index (κ1) is 28.0. The van der Waals surface area contributed by atoms with Gasteiger partial charge in [-0.1, -0.05) is 0 Å². The normalized spacial score (nSPS) is 21.8. The van der Waals surface area contributed by atoms with Gasteiger partial charge < -0.3 is 19.9 Å². The van der Waals surface area contributed by atoms with Crippen molar-refractivity contribution in [1.29, 1.82) is 0 Å². The predicted octanol–water partition coefficient (Wildman–Crippen LogP) is -5.20. The maximum atomic E-state index is 13.6. The van der Waals surface area contributed by atoms with Gasteiger partial charge in [-0.05, 0) is 53.5 Å². The number of hydrogen-bond donors (Lipinski definition) is 1. The zero-order valence-electron chi connectivity index (χ0n) is 24.4. The summed E-state index contributed by atoms with van der Waals surface area (Å²) in [7, 11) is 18.0. The van der Waals surface area contributed by atoms with Gasteiger partial charge in [0.2, 0.25) is 5.95 Å². The van der Waals surface area contributed by atoms with Crippen molar-refractivity contribution in [2.75, 3.05) is 23.3 Å². The summed E-state index contributed by atoms with van der Waals surface area (Å²) in [4.78, 5) is 9.36. The van der Waals surface area contributed by atoms with Gasteiger partial charge in [0.1, 0.15) is 80.7 Å². The molecule has 7 nitrogen and oxygen atoms in total. The predicted molar refractivity (Wildman–Crippen MR) is 174 cm³/mol. The Morgan fingerprint density at radius 3 is 2.03 bits per heavy atom. The molecule has 0 unspecified atom stereocenters. The van der Waals surface area contributed by atoms with Crippen LogP contribution in [0, 0.1) is 18.6 Å². The number of nitrogens with one attached hydrogen (secondary N) is 1. The molecular weight excluding hydrogens is 489 g/mol. The van der Waals surface area contributed by atoms with E-state index in [2.05, 4.69) is 107 Å². The highest BCUT2D eigenvalue weighted by molar-refractivity contribution is 6.59. The average molecular weight is 521 g/mol. The average Bonchev–Trinajstić information content (AvgIpc) is 3.21. The van der Waals surface area contributed by atoms with E-state index >= 15 is 0 Å². The Morgan fingerprint density at radius 1 is 0.846 bits per heavy atom. The topological polar surface area (TPSA) is 58.5 Å². The van der Waals surface area contributed by atoms with Crippen molar-refractivity contribution in [2.45, 2.75) is 34.4 Å². The minimum atomic E-state index is -0.665. The van der Waals surface area contributed by atoms with E-state index in [0.29, 0.717) is 12.0 Å². The molecule has 2 aliphatic heterocycles. The monoisotopic (exact) mass is 522 g/mol. The summed E-state index contributed by atoms with van der Waals surface area (Å²) < 4.78 is 35.3. The van der Waals surface area contributed by atoms with Gasteiger partial charge in [-0.3, -0.25) is 0 Å². The van der Waals surface area contributed by atoms with E-state index in [0.717, 1.165) is 36.1 Å². The van der Waals surface area contributed by atoms with E-state index in [9.17, 15) is 8.78 Å². The molecule has 0 bridgehead atoms. The van der Waals surface area contributed by atoms with Crippen molar-refractivity contribution in [1.82, 2.24) is 19.7 Å². The fraction of sp³-hybridized carbons (Fsp3) is 0.364. The van der Waals surface area contributed by atoms with Crippen LogP contribution in [0.3, 0.4) is 0 Å². The molecule has 194 valence electrons. The van der Waals surface area contributed by atoms with Crippen LogP contribution in [0.1, 0.15) is 5.56 Å². The van der Waals surface area contributed by atoms with E-state index in [-0.39, 0.29) is 27.2 Å². The minimum absolute atomic E-state index is 0.156. The molecule has 3 aromatic rings. The van der Waals surface area contributed by atoms with Crippen molar-refractivity contribution in [3.63, 3.8) is 0 Å². The van der Waals surface area contributed by atoms with Gasteiger partial charge in [0.15, 0.2) is 0 Å². The summed E-state index contributed by atoms with van der Waals surface area (Å²) in [6.45, 7) is 3.90. The summed E-state index contributed by atoms with van der Waals surface area (Å²) in [5, 5.41) is 6.68. The molecule has 2 fully saturated rings. The number of benzene rings is 2. The summed E-state index contributed by atoms with van der Waals surface area (Å²) in [6, 6.07) is 9.96. The molecule has 2 aliphatic rings. The number of hydrogen-bond acceptors (Lipinski definition) is 6. The van der Waals surface area contributed by atoms with Gasteiger partial charge in [-0.2, -0.15) is 4.98 Å². The van der Waals surface area contributed by atoms with Gasteiger partial charge in [0.05, 0.1) is 5.69 Å². The Bertz CT molecular complexity index is 1370. The van der Waals surface area contributed by atoms with E-state index in [1.54, 1.807) is 0 Å². The third-order valence-electron chi connectivity index (χ3n) is 9.18. The first-order valence-electron chi connectivity index (χ1n) is 13.5. The number of rotatable bonds is 5. The maximum absolute atomic E-state index is 13.6. The Kier molecular flexibility index (Phi) is 6.66. The van der Waals surface area contributed by atoms with Crippen LogP contribution in [0.5, 0.6) is 0 Å². The van der Waals surface area contributed by atoms with Gasteiger partial charge in [-0.25, -0.2) is 13.5 Å². The van der Waals surface area contributed by atoms with Crippen LogP contribution in [-0.4, -0.2) is 123 Å². The minimum Gasteiger partial charge on any atom is -0.403 e. The second kappa shape index (κ2) is 9.26. The molecule has 0 saturated carbocycles. The number of morpholine rings is 1. The van der Waals surface area contributed by atoms with Crippen molar-refractivity contribution in [3.05, 3.63) is 59.9 Å². The van der Waals surface area contributed by atoms with E-state index < -0.39 is 11.6 Å². The lowest BCUT2D eigenvalue weighted by atomic mass is 9.30. The molecule has 2 saturated heterocycles. The zero-order valence-corrected chi connectivity index (χ0v) is 24.4. The number of ether oxygens (including phenoxy) is 1. The lowest BCUT2D eigenvalue weighted by Gasteiger charge is -2.72. The summed E-state index contributed by atoms with van der Waals surface area (Å²) in [5.74, 6) is -0.983. The molecule has 17 heteroatoms. The molecular formula is C22H32B8F2N6O. The Balaban J connectivity index is 1.33. The third kappa shape index (κ3) is 4.86. The smallest absolute Gasteiger partial charge is 0.246 e. The van der Waals surface area contributed by atoms with Crippen molar-refractivity contribution in [2.24, 2.45) is 0 Å². The molecule has 3 heterocycles. The van der Waals surface area contributed by atoms with E-state index in [4.69, 9.17) is 4.74 Å². The molecule has 0 amide bonds. The van der Waals surface area contributed by atoms with Crippen LogP contribution >= 0.6 is 0 Å². The summed E-state index contributed by atoms with van der Waals surface area (Å²) >= 11 is 0. The molecule has 2 aromatic carbocycles. The van der Waals surface area contributed by atoms with Gasteiger partial charge in [0, 0.05) is 47.4 Å². The molecule has 0 atom stereocenters. The highest BCUT2D eigenvalue weighted by Crippen LogP contribution is 2.43. The lowest BCUT2D eigenvalue weighted by molar-refractivity contribution is -0.129. The Hall–Kier alpha value is -2.52. The maximum Gasteiger partial charge on any atom is 0.246 e. The SMILES string of the molecule is BC1(B)OC(B)(B)C(B)(B)N(C2CN(c3cc(C)cc(Nc4ncn(-c5cc(F)cc(F)c5)n4)c3)C2)C1(B)B. The Labute approximate surface area is 236 Å². The molecule has 5 rings (SSSR count). The number of nitrogens with zero attached hydrogens (tertiary/aromatic N) is 5. The van der Waals surface area contributed by atoms with Gasteiger partial charge in [0.25, 0.3) is 0 Å². The highest BCUT2D eigenvalue weighted by Gasteiger charge is 2.61. The number of anilines is 3. The van der Waals surface area contributed by atoms with Crippen molar-refractivity contribution >= 4 is 80.1 Å². The first-order chi connectivity index (χ1) is 18.0. The molecule has 0 spiro atoms. The second-order valence-corrected chi connectivity index (χ2v) is 13.0. The van der Waals surface area contributed by atoms with E-state index in [1.807, 2.05) is 6.07 Å². The molecule has 39 heavy (non-hydrogen) atoms. The largest absolute Gasteiger partial charge is 0.403 e. The van der Waals surface area contributed by atoms with Crippen LogP contribution in [0.25, 0.3) is 5.69 Å². The van der Waals surface area contributed by atoms with Crippen LogP contribution < -0.4 is 10.2 Å². The molecule has 1 N–H and O–H groups in total. The van der Waals surface area contributed by atoms with Crippen LogP contribution in [0.2, 0.25) is 0 Å². The molecule has 0 aliphatic carbocycles. The second-order valence-electron chi connectivity index (χ2n) is 13.0.